The average Bonchev–Trinajstić information content (AvgIpc) is 2.78. The Kier molecular flexibility index (Phi) is 3.79. The Labute approximate surface area is 128 Å². The highest BCUT2D eigenvalue weighted by Crippen LogP contribution is 2.63. The lowest BCUT2D eigenvalue weighted by atomic mass is 9.77. The molecule has 2 heterocycles. The number of rotatable bonds is 1. The van der Waals surface area contributed by atoms with E-state index in [9.17, 15) is 4.79 Å². The van der Waals surface area contributed by atoms with Crippen molar-refractivity contribution in [1.29, 1.82) is 0 Å². The van der Waals surface area contributed by atoms with Crippen LogP contribution in [0, 0.1) is 16.7 Å². The van der Waals surface area contributed by atoms with Gasteiger partial charge in [-0.25, -0.2) is 0 Å². The summed E-state index contributed by atoms with van der Waals surface area (Å²) in [6, 6.07) is 0. The minimum atomic E-state index is 0. The molecule has 4 aliphatic rings. The van der Waals surface area contributed by atoms with E-state index in [1.165, 1.54) is 64.5 Å². The van der Waals surface area contributed by atoms with Gasteiger partial charge in [0.25, 0.3) is 0 Å². The summed E-state index contributed by atoms with van der Waals surface area (Å²) in [5.41, 5.74) is 1.01. The van der Waals surface area contributed by atoms with Crippen molar-refractivity contribution in [2.45, 2.75) is 51.4 Å². The molecule has 0 aromatic rings. The van der Waals surface area contributed by atoms with Crippen LogP contribution in [-0.2, 0) is 4.79 Å². The summed E-state index contributed by atoms with van der Waals surface area (Å²) < 4.78 is 0. The van der Waals surface area contributed by atoms with Gasteiger partial charge in [0.05, 0.1) is 0 Å². The lowest BCUT2D eigenvalue weighted by Gasteiger charge is -2.39. The maximum atomic E-state index is 12.6. The number of likely N-dealkylation sites (tertiary alicyclic amines) is 1. The van der Waals surface area contributed by atoms with Gasteiger partial charge in [-0.3, -0.25) is 4.79 Å². The topological polar surface area (TPSA) is 32.3 Å². The third-order valence-electron chi connectivity index (χ3n) is 6.56. The molecule has 2 spiro atoms. The molecule has 1 unspecified atom stereocenters. The van der Waals surface area contributed by atoms with Crippen LogP contribution in [-0.4, -0.2) is 37.0 Å². The van der Waals surface area contributed by atoms with Crippen molar-refractivity contribution < 1.29 is 4.79 Å². The van der Waals surface area contributed by atoms with E-state index in [0.29, 0.717) is 22.7 Å². The number of halogens is 1. The fourth-order valence-electron chi connectivity index (χ4n) is 4.97. The second-order valence-electron chi connectivity index (χ2n) is 7.58. The Balaban J connectivity index is 0.00000121. The van der Waals surface area contributed by atoms with E-state index in [0.717, 1.165) is 13.1 Å². The van der Waals surface area contributed by atoms with Crippen molar-refractivity contribution in [2.24, 2.45) is 16.7 Å². The average molecular weight is 299 g/mol. The molecule has 2 aliphatic heterocycles. The molecule has 1 amide bonds. The van der Waals surface area contributed by atoms with E-state index < -0.39 is 0 Å². The highest BCUT2D eigenvalue weighted by Gasteiger charge is 2.59. The quantitative estimate of drug-likeness (QED) is 0.807. The van der Waals surface area contributed by atoms with E-state index in [4.69, 9.17) is 0 Å². The number of nitrogens with zero attached hydrogens (tertiary/aromatic N) is 1. The molecule has 114 valence electrons. The molecular formula is C16H27ClN2O. The van der Waals surface area contributed by atoms with Crippen LogP contribution >= 0.6 is 12.4 Å². The van der Waals surface area contributed by atoms with Gasteiger partial charge < -0.3 is 10.2 Å². The van der Waals surface area contributed by atoms with Gasteiger partial charge in [-0.05, 0) is 55.9 Å². The van der Waals surface area contributed by atoms with Gasteiger partial charge in [0.1, 0.15) is 0 Å². The van der Waals surface area contributed by atoms with Crippen LogP contribution in [0.1, 0.15) is 51.4 Å². The lowest BCUT2D eigenvalue weighted by Crippen LogP contribution is -2.45. The summed E-state index contributed by atoms with van der Waals surface area (Å²) in [6.45, 7) is 4.41. The number of hydrogen-bond donors (Lipinski definition) is 1. The molecular weight excluding hydrogens is 272 g/mol. The van der Waals surface area contributed by atoms with Gasteiger partial charge in [-0.1, -0.05) is 12.8 Å². The minimum absolute atomic E-state index is 0. The summed E-state index contributed by atoms with van der Waals surface area (Å²) in [6.07, 6.45) is 10.3. The summed E-state index contributed by atoms with van der Waals surface area (Å²) in [5, 5.41) is 3.50. The molecule has 2 saturated carbocycles. The Morgan fingerprint density at radius 3 is 2.35 bits per heavy atom. The van der Waals surface area contributed by atoms with E-state index in [-0.39, 0.29) is 12.4 Å². The van der Waals surface area contributed by atoms with Crippen molar-refractivity contribution in [1.82, 2.24) is 10.2 Å². The molecule has 2 aliphatic carbocycles. The van der Waals surface area contributed by atoms with Gasteiger partial charge in [0.2, 0.25) is 5.91 Å². The predicted octanol–water partition coefficient (Wildman–Crippen LogP) is 2.59. The molecule has 4 rings (SSSR count). The normalized spacial score (nSPS) is 33.4. The summed E-state index contributed by atoms with van der Waals surface area (Å²) in [5.74, 6) is 0.911. The highest BCUT2D eigenvalue weighted by molar-refractivity contribution is 5.85. The van der Waals surface area contributed by atoms with Crippen molar-refractivity contribution in [2.75, 3.05) is 26.2 Å². The zero-order valence-corrected chi connectivity index (χ0v) is 13.1. The molecule has 4 heteroatoms. The first kappa shape index (κ1) is 14.6. The van der Waals surface area contributed by atoms with Crippen molar-refractivity contribution in [3.63, 3.8) is 0 Å². The maximum absolute atomic E-state index is 12.6. The van der Waals surface area contributed by atoms with Crippen LogP contribution in [0.4, 0.5) is 0 Å². The smallest absolute Gasteiger partial charge is 0.226 e. The predicted molar refractivity (Wildman–Crippen MR) is 82.0 cm³/mol. The number of hydrogen-bond acceptors (Lipinski definition) is 2. The van der Waals surface area contributed by atoms with Crippen molar-refractivity contribution >= 4 is 18.3 Å². The largest absolute Gasteiger partial charge is 0.342 e. The fourth-order valence-corrected chi connectivity index (χ4v) is 4.97. The summed E-state index contributed by atoms with van der Waals surface area (Å²) in [4.78, 5) is 14.8. The number of nitrogens with one attached hydrogen (secondary N) is 1. The third kappa shape index (κ3) is 2.27. The van der Waals surface area contributed by atoms with Crippen LogP contribution in [0.5, 0.6) is 0 Å². The molecule has 0 aromatic carbocycles. The van der Waals surface area contributed by atoms with Crippen LogP contribution < -0.4 is 5.32 Å². The molecule has 0 aromatic heterocycles. The minimum Gasteiger partial charge on any atom is -0.342 e. The van der Waals surface area contributed by atoms with E-state index >= 15 is 0 Å². The first-order valence-corrected chi connectivity index (χ1v) is 8.23. The Bertz CT molecular complexity index is 376. The molecule has 1 N–H and O–H groups in total. The standard InChI is InChI=1S/C16H26N2O.ClH/c19-14(13-11-16(13)3-1-2-4-16)18-9-6-15(7-10-18)5-8-17-12-15;/h13,17H,1-12H2;1H. The van der Waals surface area contributed by atoms with Crippen LogP contribution in [0.15, 0.2) is 0 Å². The van der Waals surface area contributed by atoms with E-state index in [1.807, 2.05) is 0 Å². The Hall–Kier alpha value is -0.280. The zero-order chi connectivity index (χ0) is 12.9. The van der Waals surface area contributed by atoms with Crippen LogP contribution in [0.2, 0.25) is 0 Å². The second-order valence-corrected chi connectivity index (χ2v) is 7.58. The van der Waals surface area contributed by atoms with E-state index in [2.05, 4.69) is 10.2 Å². The first-order chi connectivity index (χ1) is 9.23. The van der Waals surface area contributed by atoms with Crippen molar-refractivity contribution in [3.8, 4) is 0 Å². The molecule has 1 atom stereocenters. The van der Waals surface area contributed by atoms with Gasteiger partial charge in [0, 0.05) is 25.6 Å². The Morgan fingerprint density at radius 2 is 1.75 bits per heavy atom. The number of piperidine rings is 1. The molecule has 0 bridgehead atoms. The third-order valence-corrected chi connectivity index (χ3v) is 6.56. The van der Waals surface area contributed by atoms with Gasteiger partial charge in [-0.15, -0.1) is 12.4 Å². The zero-order valence-electron chi connectivity index (χ0n) is 12.3. The lowest BCUT2D eigenvalue weighted by molar-refractivity contribution is -0.135. The molecule has 3 nitrogen and oxygen atoms in total. The molecule has 2 saturated heterocycles. The summed E-state index contributed by atoms with van der Waals surface area (Å²) >= 11 is 0. The van der Waals surface area contributed by atoms with Crippen molar-refractivity contribution in [3.05, 3.63) is 0 Å². The number of carbonyl (C=O) groups is 1. The molecule has 4 fully saturated rings. The van der Waals surface area contributed by atoms with Crippen LogP contribution in [0.25, 0.3) is 0 Å². The maximum Gasteiger partial charge on any atom is 0.226 e. The first-order valence-electron chi connectivity index (χ1n) is 8.23. The number of carbonyl (C=O) groups excluding carboxylic acids is 1. The van der Waals surface area contributed by atoms with Gasteiger partial charge in [0.15, 0.2) is 0 Å². The highest BCUT2D eigenvalue weighted by atomic mass is 35.5. The number of amides is 1. The SMILES string of the molecule is Cl.O=C(C1CC12CCCC2)N1CCC2(CCNC2)CC1. The van der Waals surface area contributed by atoms with E-state index in [1.54, 1.807) is 0 Å². The molecule has 20 heavy (non-hydrogen) atoms. The fraction of sp³-hybridized carbons (Fsp3) is 0.938. The Morgan fingerprint density at radius 1 is 1.05 bits per heavy atom. The second kappa shape index (κ2) is 5.17. The van der Waals surface area contributed by atoms with Gasteiger partial charge >= 0.3 is 0 Å². The van der Waals surface area contributed by atoms with Crippen LogP contribution in [0.3, 0.4) is 0 Å². The summed E-state index contributed by atoms with van der Waals surface area (Å²) in [7, 11) is 0. The van der Waals surface area contributed by atoms with Gasteiger partial charge in [-0.2, -0.15) is 0 Å². The monoisotopic (exact) mass is 298 g/mol. The molecule has 0 radical (unpaired) electrons.